The zero-order valence-electron chi connectivity index (χ0n) is 10.5. The fourth-order valence-corrected chi connectivity index (χ4v) is 5.14. The zero-order valence-corrected chi connectivity index (χ0v) is 12.2. The van der Waals surface area contributed by atoms with E-state index >= 15 is 0 Å². The summed E-state index contributed by atoms with van der Waals surface area (Å²) in [5, 5.41) is 0.878. The Morgan fingerprint density at radius 1 is 1.12 bits per heavy atom. The molecule has 0 N–H and O–H groups in total. The second-order valence-electron chi connectivity index (χ2n) is 4.39. The normalized spacial score (nSPS) is 25.6. The maximum atomic E-state index is 12.1. The minimum atomic E-state index is 0.297. The summed E-state index contributed by atoms with van der Waals surface area (Å²) in [5.74, 6) is 2.90. The molecule has 16 heavy (non-hydrogen) atoms. The number of ketones is 1. The molecule has 1 heterocycles. The van der Waals surface area contributed by atoms with Gasteiger partial charge in [-0.15, -0.1) is 11.8 Å². The average molecular weight is 260 g/mol. The number of thioether (sulfide) groups is 2. The van der Waals surface area contributed by atoms with Crippen LogP contribution in [0.5, 0.6) is 0 Å². The topological polar surface area (TPSA) is 17.1 Å². The number of Topliss-reactive ketones (excluding diaryl/α,β-unsaturated/α-hetero) is 1. The van der Waals surface area contributed by atoms with Crippen molar-refractivity contribution in [3.05, 3.63) is 0 Å². The first-order valence-electron chi connectivity index (χ1n) is 6.55. The van der Waals surface area contributed by atoms with Crippen molar-refractivity contribution in [2.24, 2.45) is 0 Å². The average Bonchev–Trinajstić information content (AvgIpc) is 2.34. The van der Waals surface area contributed by atoms with E-state index in [9.17, 15) is 4.79 Å². The Kier molecular flexibility index (Phi) is 7.63. The lowest BCUT2D eigenvalue weighted by atomic mass is 10.1. The summed E-state index contributed by atoms with van der Waals surface area (Å²) >= 11 is 3.90. The van der Waals surface area contributed by atoms with Crippen LogP contribution in [0.3, 0.4) is 0 Å². The Balaban J connectivity index is 2.27. The third-order valence-corrected chi connectivity index (χ3v) is 6.34. The van der Waals surface area contributed by atoms with E-state index in [1.165, 1.54) is 25.0 Å². The van der Waals surface area contributed by atoms with E-state index < -0.39 is 0 Å². The minimum Gasteiger partial charge on any atom is -0.298 e. The van der Waals surface area contributed by atoms with Crippen LogP contribution in [0.2, 0.25) is 0 Å². The van der Waals surface area contributed by atoms with Crippen molar-refractivity contribution in [1.29, 1.82) is 0 Å². The maximum absolute atomic E-state index is 12.1. The molecule has 2 atom stereocenters. The molecule has 1 aliphatic heterocycles. The van der Waals surface area contributed by atoms with E-state index in [2.05, 4.69) is 13.8 Å². The van der Waals surface area contributed by atoms with Crippen LogP contribution < -0.4 is 0 Å². The van der Waals surface area contributed by atoms with Gasteiger partial charge in [0.1, 0.15) is 5.78 Å². The molecular weight excluding hydrogens is 236 g/mol. The van der Waals surface area contributed by atoms with Crippen molar-refractivity contribution in [2.75, 3.05) is 11.5 Å². The molecule has 1 fully saturated rings. The van der Waals surface area contributed by atoms with Crippen LogP contribution in [0.1, 0.15) is 52.4 Å². The van der Waals surface area contributed by atoms with Crippen LogP contribution in [-0.4, -0.2) is 27.8 Å². The van der Waals surface area contributed by atoms with Crippen molar-refractivity contribution < 1.29 is 4.79 Å². The van der Waals surface area contributed by atoms with Gasteiger partial charge in [0.15, 0.2) is 0 Å². The molecule has 0 spiro atoms. The van der Waals surface area contributed by atoms with Gasteiger partial charge in [-0.25, -0.2) is 0 Å². The van der Waals surface area contributed by atoms with Gasteiger partial charge in [-0.1, -0.05) is 33.1 Å². The lowest BCUT2D eigenvalue weighted by molar-refractivity contribution is -0.118. The summed E-state index contributed by atoms with van der Waals surface area (Å²) in [6.45, 7) is 4.42. The first kappa shape index (κ1) is 14.4. The number of hydrogen-bond acceptors (Lipinski definition) is 3. The molecule has 0 aromatic carbocycles. The number of carbonyl (C=O) groups excluding carboxylic acids is 1. The van der Waals surface area contributed by atoms with Crippen LogP contribution in [-0.2, 0) is 4.79 Å². The molecule has 1 nitrogen and oxygen atoms in total. The summed E-state index contributed by atoms with van der Waals surface area (Å²) in [5.41, 5.74) is 0. The zero-order chi connectivity index (χ0) is 11.8. The summed E-state index contributed by atoms with van der Waals surface area (Å²) < 4.78 is 0. The molecule has 0 aromatic heterocycles. The molecule has 0 aromatic rings. The highest BCUT2D eigenvalue weighted by Crippen LogP contribution is 2.34. The Hall–Kier alpha value is 0.370. The lowest BCUT2D eigenvalue weighted by Crippen LogP contribution is -2.32. The quantitative estimate of drug-likeness (QED) is 0.640. The van der Waals surface area contributed by atoms with Gasteiger partial charge < -0.3 is 0 Å². The van der Waals surface area contributed by atoms with Crippen molar-refractivity contribution in [2.45, 2.75) is 62.9 Å². The molecule has 0 bridgehead atoms. The summed E-state index contributed by atoms with van der Waals surface area (Å²) in [4.78, 5) is 12.1. The highest BCUT2D eigenvalue weighted by Gasteiger charge is 2.29. The van der Waals surface area contributed by atoms with Gasteiger partial charge in [0, 0.05) is 23.2 Å². The van der Waals surface area contributed by atoms with E-state index in [1.54, 1.807) is 0 Å². The first-order valence-corrected chi connectivity index (χ1v) is 8.65. The first-order chi connectivity index (χ1) is 7.79. The molecule has 0 amide bonds. The lowest BCUT2D eigenvalue weighted by Gasteiger charge is -2.28. The van der Waals surface area contributed by atoms with Crippen molar-refractivity contribution >= 4 is 29.3 Å². The summed E-state index contributed by atoms with van der Waals surface area (Å²) in [7, 11) is 0. The maximum Gasteiger partial charge on any atom is 0.146 e. The number of rotatable bonds is 7. The van der Waals surface area contributed by atoms with Crippen molar-refractivity contribution in [3.63, 3.8) is 0 Å². The molecule has 3 heteroatoms. The highest BCUT2D eigenvalue weighted by atomic mass is 32.2. The van der Waals surface area contributed by atoms with Crippen LogP contribution in [0, 0.1) is 0 Å². The number of unbranched alkanes of at least 4 members (excludes halogenated alkanes) is 3. The smallest absolute Gasteiger partial charge is 0.146 e. The van der Waals surface area contributed by atoms with Gasteiger partial charge in [0.25, 0.3) is 0 Å². The molecule has 1 saturated heterocycles. The standard InChI is InChI=1S/C13H24OS2/c1-3-5-6-7-8-11(14)13-12(4-2)15-9-10-16-13/h12-13H,3-10H2,1-2H3. The predicted octanol–water partition coefficient (Wildman–Crippen LogP) is 4.15. The second kappa shape index (κ2) is 8.46. The van der Waals surface area contributed by atoms with Crippen LogP contribution in [0.4, 0.5) is 0 Å². The van der Waals surface area contributed by atoms with Crippen LogP contribution in [0.25, 0.3) is 0 Å². The van der Waals surface area contributed by atoms with E-state index in [0.717, 1.165) is 25.0 Å². The third-order valence-electron chi connectivity index (χ3n) is 3.05. The molecule has 2 unspecified atom stereocenters. The molecule has 0 saturated carbocycles. The largest absolute Gasteiger partial charge is 0.298 e. The van der Waals surface area contributed by atoms with E-state index in [4.69, 9.17) is 0 Å². The number of hydrogen-bond donors (Lipinski definition) is 0. The van der Waals surface area contributed by atoms with Gasteiger partial charge >= 0.3 is 0 Å². The Morgan fingerprint density at radius 3 is 2.56 bits per heavy atom. The van der Waals surface area contributed by atoms with Gasteiger partial charge in [-0.3, -0.25) is 4.79 Å². The van der Waals surface area contributed by atoms with Crippen LogP contribution in [0.15, 0.2) is 0 Å². The molecule has 0 aliphatic carbocycles. The summed E-state index contributed by atoms with van der Waals surface area (Å²) in [6.07, 6.45) is 6.81. The monoisotopic (exact) mass is 260 g/mol. The van der Waals surface area contributed by atoms with Crippen LogP contribution >= 0.6 is 23.5 Å². The molecular formula is C13H24OS2. The molecule has 1 aliphatic rings. The Labute approximate surface area is 109 Å². The van der Waals surface area contributed by atoms with Gasteiger partial charge in [-0.2, -0.15) is 11.8 Å². The van der Waals surface area contributed by atoms with Crippen molar-refractivity contribution in [3.8, 4) is 0 Å². The second-order valence-corrected chi connectivity index (χ2v) is 6.98. The Bertz CT molecular complexity index is 206. The molecule has 1 rings (SSSR count). The molecule has 0 radical (unpaired) electrons. The number of carbonyl (C=O) groups is 1. The van der Waals surface area contributed by atoms with E-state index in [0.29, 0.717) is 16.3 Å². The van der Waals surface area contributed by atoms with Gasteiger partial charge in [0.2, 0.25) is 0 Å². The Morgan fingerprint density at radius 2 is 1.88 bits per heavy atom. The molecule has 94 valence electrons. The fraction of sp³-hybridized carbons (Fsp3) is 0.923. The third kappa shape index (κ3) is 4.70. The van der Waals surface area contributed by atoms with E-state index in [-0.39, 0.29) is 0 Å². The van der Waals surface area contributed by atoms with Gasteiger partial charge in [-0.05, 0) is 12.8 Å². The van der Waals surface area contributed by atoms with Gasteiger partial charge in [0.05, 0.1) is 5.25 Å². The SMILES string of the molecule is CCCCCCC(=O)C1SCCSC1CC. The fourth-order valence-electron chi connectivity index (χ4n) is 2.07. The predicted molar refractivity (Wildman–Crippen MR) is 76.5 cm³/mol. The summed E-state index contributed by atoms with van der Waals surface area (Å²) in [6, 6.07) is 0. The van der Waals surface area contributed by atoms with Crippen molar-refractivity contribution in [1.82, 2.24) is 0 Å². The minimum absolute atomic E-state index is 0.297. The highest BCUT2D eigenvalue weighted by molar-refractivity contribution is 8.07. The van der Waals surface area contributed by atoms with E-state index in [1.807, 2.05) is 23.5 Å².